The third kappa shape index (κ3) is 18.6. The normalized spacial score (nSPS) is 16.2. The Morgan fingerprint density at radius 3 is 2.11 bits per heavy atom. The molecule has 2 fully saturated rings. The number of nitrogens with one attached hydrogen (secondary N) is 5. The van der Waals surface area contributed by atoms with Gasteiger partial charge in [-0.05, 0) is 73.9 Å². The van der Waals surface area contributed by atoms with E-state index < -0.39 is 36.7 Å². The number of β-amino-alcohol motifs (C(OH)–C–C–N with tert-alkyl or cyclic N) is 1. The molecule has 4 amide bonds. The number of ether oxygens (including phenoxy) is 5. The van der Waals surface area contributed by atoms with Gasteiger partial charge in [-0.15, -0.1) is 11.3 Å². The maximum Gasteiger partial charge on any atom is 0.246 e. The SMILES string of the molecule is COc1cc(N2CCC(NC(=O)CCOCCOCCOCCOCCC(=O)NC(C(=O)N3CC(O)CC3C(=O)NCc3ccc(-c4scnc4C)cc3)C(C)(C)C)CC2)ccc1Nc1ncc(Cl)c(Nc2ccccc2P(C)(C)=O)n1. The van der Waals surface area contributed by atoms with E-state index in [9.17, 15) is 28.8 Å². The number of aryl methyl sites for hydroxylation is 1. The molecule has 2 saturated heterocycles. The van der Waals surface area contributed by atoms with Gasteiger partial charge < -0.3 is 69.7 Å². The molecule has 3 unspecified atom stereocenters. The van der Waals surface area contributed by atoms with Crippen molar-refractivity contribution in [3.05, 3.63) is 94.7 Å². The molecule has 0 spiro atoms. The van der Waals surface area contributed by atoms with Gasteiger partial charge in [0.05, 0.1) is 99.7 Å². The average molecular weight is 1190 g/mol. The minimum Gasteiger partial charge on any atom is -0.494 e. The summed E-state index contributed by atoms with van der Waals surface area (Å²) < 4.78 is 41.1. The number of aliphatic hydroxyl groups excluding tert-OH is 1. The molecule has 24 heteroatoms. The maximum absolute atomic E-state index is 14.0. The summed E-state index contributed by atoms with van der Waals surface area (Å²) in [5.74, 6) is 0.0273. The first-order valence-electron chi connectivity index (χ1n) is 27.6. The molecule has 3 atom stereocenters. The van der Waals surface area contributed by atoms with E-state index in [4.69, 9.17) is 35.3 Å². The van der Waals surface area contributed by atoms with Crippen molar-refractivity contribution in [1.29, 1.82) is 0 Å². The number of amides is 4. The monoisotopic (exact) mass is 1190 g/mol. The van der Waals surface area contributed by atoms with Gasteiger partial charge in [-0.1, -0.05) is 68.8 Å². The van der Waals surface area contributed by atoms with Crippen LogP contribution in [-0.4, -0.2) is 166 Å². The summed E-state index contributed by atoms with van der Waals surface area (Å²) in [6.45, 7) is 14.9. The van der Waals surface area contributed by atoms with Crippen molar-refractivity contribution in [1.82, 2.24) is 35.8 Å². The summed E-state index contributed by atoms with van der Waals surface area (Å²) >= 11 is 8.04. The fourth-order valence-electron chi connectivity index (χ4n) is 9.48. The number of halogens is 1. The van der Waals surface area contributed by atoms with Crippen molar-refractivity contribution in [2.45, 2.75) is 90.6 Å². The van der Waals surface area contributed by atoms with Crippen molar-refractivity contribution in [2.24, 2.45) is 5.41 Å². The molecule has 2 aliphatic heterocycles. The van der Waals surface area contributed by atoms with Crippen molar-refractivity contribution < 1.29 is 52.5 Å². The van der Waals surface area contributed by atoms with E-state index >= 15 is 0 Å². The number of carbonyl (C=O) groups is 4. The molecule has 4 heterocycles. The van der Waals surface area contributed by atoms with Crippen molar-refractivity contribution in [2.75, 3.05) is 108 Å². The molecule has 82 heavy (non-hydrogen) atoms. The zero-order chi connectivity index (χ0) is 58.8. The van der Waals surface area contributed by atoms with Gasteiger partial charge in [0.15, 0.2) is 5.82 Å². The lowest BCUT2D eigenvalue weighted by Crippen LogP contribution is -2.57. The number of hydrogen-bond acceptors (Lipinski definition) is 18. The largest absolute Gasteiger partial charge is 0.494 e. The molecule has 444 valence electrons. The molecule has 2 aliphatic rings. The van der Waals surface area contributed by atoms with Crippen LogP contribution in [0.4, 0.5) is 28.8 Å². The van der Waals surface area contributed by atoms with Crippen LogP contribution in [-0.2, 0) is 49.2 Å². The average Bonchev–Trinajstić information content (AvgIpc) is 4.20. The van der Waals surface area contributed by atoms with Crippen molar-refractivity contribution in [3.63, 3.8) is 0 Å². The number of aromatic nitrogens is 3. The Bertz CT molecular complexity index is 2970. The van der Waals surface area contributed by atoms with E-state index in [0.29, 0.717) is 72.3 Å². The van der Waals surface area contributed by atoms with Gasteiger partial charge in [0.1, 0.15) is 30.0 Å². The van der Waals surface area contributed by atoms with Gasteiger partial charge in [0.25, 0.3) is 0 Å². The number of rotatable bonds is 29. The van der Waals surface area contributed by atoms with Gasteiger partial charge in [-0.2, -0.15) is 4.98 Å². The smallest absolute Gasteiger partial charge is 0.246 e. The number of nitrogens with zero attached hydrogens (tertiary/aromatic N) is 5. The first-order chi connectivity index (χ1) is 39.3. The summed E-state index contributed by atoms with van der Waals surface area (Å²) in [6, 6.07) is 19.3. The number of benzene rings is 3. The van der Waals surface area contributed by atoms with Gasteiger partial charge in [-0.25, -0.2) is 9.97 Å². The van der Waals surface area contributed by atoms with Crippen molar-refractivity contribution >= 4 is 87.8 Å². The van der Waals surface area contributed by atoms with E-state index in [1.54, 1.807) is 31.8 Å². The van der Waals surface area contributed by atoms with Crippen LogP contribution in [0, 0.1) is 12.3 Å². The highest BCUT2D eigenvalue weighted by atomic mass is 35.5. The Hall–Kier alpha value is -6.23. The van der Waals surface area contributed by atoms with E-state index in [1.807, 2.05) is 99.9 Å². The predicted octanol–water partition coefficient (Wildman–Crippen LogP) is 7.05. The second kappa shape index (κ2) is 30.4. The van der Waals surface area contributed by atoms with Gasteiger partial charge in [-0.3, -0.25) is 19.2 Å². The summed E-state index contributed by atoms with van der Waals surface area (Å²) in [5.41, 5.74) is 6.32. The van der Waals surface area contributed by atoms with Crippen LogP contribution in [0.15, 0.2) is 78.4 Å². The first kappa shape index (κ1) is 63.4. The van der Waals surface area contributed by atoms with Crippen LogP contribution < -0.4 is 41.5 Å². The zero-order valence-electron chi connectivity index (χ0n) is 47.8. The van der Waals surface area contributed by atoms with Crippen LogP contribution in [0.1, 0.15) is 64.1 Å². The van der Waals surface area contributed by atoms with Crippen LogP contribution in [0.3, 0.4) is 0 Å². The van der Waals surface area contributed by atoms with Gasteiger partial charge in [0, 0.05) is 68.5 Å². The molecule has 21 nitrogen and oxygen atoms in total. The minimum absolute atomic E-state index is 0.0126. The van der Waals surface area contributed by atoms with Crippen molar-refractivity contribution in [3.8, 4) is 16.2 Å². The predicted molar refractivity (Wildman–Crippen MR) is 320 cm³/mol. The lowest BCUT2D eigenvalue weighted by molar-refractivity contribution is -0.144. The highest BCUT2D eigenvalue weighted by Crippen LogP contribution is 2.39. The Morgan fingerprint density at radius 1 is 0.841 bits per heavy atom. The van der Waals surface area contributed by atoms with Gasteiger partial charge >= 0.3 is 0 Å². The van der Waals surface area contributed by atoms with Gasteiger partial charge in [0.2, 0.25) is 29.6 Å². The fourth-order valence-corrected chi connectivity index (χ4v) is 11.6. The molecule has 5 aromatic rings. The quantitative estimate of drug-likeness (QED) is 0.0207. The second-order valence-electron chi connectivity index (χ2n) is 21.6. The zero-order valence-corrected chi connectivity index (χ0v) is 50.3. The molecule has 7 rings (SSSR count). The van der Waals surface area contributed by atoms with E-state index in [0.717, 1.165) is 53.3 Å². The Balaban J connectivity index is 0.703. The molecule has 0 saturated carbocycles. The van der Waals surface area contributed by atoms with E-state index in [1.165, 1.54) is 11.1 Å². The third-order valence-electron chi connectivity index (χ3n) is 13.9. The Labute approximate surface area is 489 Å². The lowest BCUT2D eigenvalue weighted by atomic mass is 9.85. The topological polar surface area (TPSA) is 257 Å². The van der Waals surface area contributed by atoms with E-state index in [-0.39, 0.29) is 75.9 Å². The second-order valence-corrected chi connectivity index (χ2v) is 26.1. The third-order valence-corrected chi connectivity index (χ3v) is 16.7. The maximum atomic E-state index is 14.0. The molecule has 0 aliphatic carbocycles. The lowest BCUT2D eigenvalue weighted by Gasteiger charge is -2.35. The number of likely N-dealkylation sites (tertiary alicyclic amines) is 1. The molecule has 2 aromatic heterocycles. The number of carbonyl (C=O) groups excluding carboxylic acids is 4. The molecule has 0 bridgehead atoms. The number of methoxy groups -OCH3 is 1. The summed E-state index contributed by atoms with van der Waals surface area (Å²) in [6.07, 6.45) is 2.54. The summed E-state index contributed by atoms with van der Waals surface area (Å²) in [5, 5.41) is 26.9. The first-order valence-corrected chi connectivity index (χ1v) is 31.4. The number of piperidine rings is 1. The van der Waals surface area contributed by atoms with Crippen LogP contribution in [0.25, 0.3) is 10.4 Å². The van der Waals surface area contributed by atoms with E-state index in [2.05, 4.69) is 46.4 Å². The molecular weight excluding hydrogens is 1110 g/mol. The fraction of sp³-hybridized carbons (Fsp3) is 0.500. The molecule has 6 N–H and O–H groups in total. The highest BCUT2D eigenvalue weighted by Gasteiger charge is 2.44. The number of thiazole rings is 1. The molecular formula is C58H78ClN10O11PS. The summed E-state index contributed by atoms with van der Waals surface area (Å²) in [7, 11) is -0.975. The van der Waals surface area contributed by atoms with Crippen LogP contribution in [0.2, 0.25) is 5.02 Å². The van der Waals surface area contributed by atoms with Crippen LogP contribution >= 0.6 is 30.1 Å². The summed E-state index contributed by atoms with van der Waals surface area (Å²) in [4.78, 5) is 71.2. The minimum atomic E-state index is -2.58. The van der Waals surface area contributed by atoms with Crippen LogP contribution in [0.5, 0.6) is 5.75 Å². The Kier molecular flexibility index (Phi) is 23.5. The highest BCUT2D eigenvalue weighted by molar-refractivity contribution is 7.70. The Morgan fingerprint density at radius 2 is 1.49 bits per heavy atom. The number of para-hydroxylation sites is 1. The standard InChI is InChI=1S/C58H78ClN10O11PS/c1-38-52(82-37-62-38)40-14-12-39(13-15-40)34-60-55(73)47-33-43(70)36-69(47)56(74)53(58(2,3)4)66-51(72)21-25-78-27-29-80-31-30-79-28-26-77-24-20-50(71)63-41-18-22-68(23-19-41)42-16-17-45(48(32-42)76-5)65-57-61-35-44(59)54(67-57)64-46-10-8-9-11-49(46)81(6,7)75/h8-17,32,35,37,41,43,47,53,70H,18-31,33-34,36H2,1-7H3,(H,60,73)(H,63,71)(H,66,72)(H2,61,64,65,67). The molecule has 0 radical (unpaired) electrons. The number of anilines is 5. The molecule has 3 aromatic carbocycles. The number of aliphatic hydroxyl groups is 1. The number of hydrogen-bond donors (Lipinski definition) is 6.